The number of aromatic nitrogens is 1. The van der Waals surface area contributed by atoms with Crippen LogP contribution in [0, 0.1) is 12.8 Å². The molecule has 2 heterocycles. The first-order chi connectivity index (χ1) is 10.4. The molecular formula is C16H25N3O2S. The molecule has 1 aromatic rings. The monoisotopic (exact) mass is 323 g/mol. The van der Waals surface area contributed by atoms with Crippen LogP contribution in [0.1, 0.15) is 49.0 Å². The quantitative estimate of drug-likeness (QED) is 0.856. The molecule has 1 aliphatic rings. The number of nitrogens with zero attached hydrogens (tertiary/aromatic N) is 3. The summed E-state index contributed by atoms with van der Waals surface area (Å²) in [5.74, 6) is 0.601. The molecule has 0 saturated carbocycles. The molecule has 0 radical (unpaired) electrons. The van der Waals surface area contributed by atoms with Gasteiger partial charge in [0.2, 0.25) is 5.91 Å². The fourth-order valence-electron chi connectivity index (χ4n) is 2.67. The number of hydrogen-bond donors (Lipinski definition) is 0. The predicted molar refractivity (Wildman–Crippen MR) is 88.0 cm³/mol. The van der Waals surface area contributed by atoms with Crippen molar-refractivity contribution in [2.24, 2.45) is 5.92 Å². The Kier molecular flexibility index (Phi) is 5.56. The highest BCUT2D eigenvalue weighted by molar-refractivity contribution is 7.05. The van der Waals surface area contributed by atoms with Gasteiger partial charge in [0, 0.05) is 37.0 Å². The average Bonchev–Trinajstić information content (AvgIpc) is 2.92. The third-order valence-corrected chi connectivity index (χ3v) is 5.00. The molecule has 5 nitrogen and oxygen atoms in total. The van der Waals surface area contributed by atoms with Crippen LogP contribution < -0.4 is 0 Å². The molecule has 1 aromatic heterocycles. The first-order valence-corrected chi connectivity index (χ1v) is 8.71. The van der Waals surface area contributed by atoms with Crippen molar-refractivity contribution in [1.29, 1.82) is 0 Å². The normalized spacial score (nSPS) is 20.1. The number of carbonyl (C=O) groups is 2. The zero-order chi connectivity index (χ0) is 16.3. The topological polar surface area (TPSA) is 53.5 Å². The highest BCUT2D eigenvalue weighted by Crippen LogP contribution is 2.18. The average molecular weight is 323 g/mol. The Bertz CT molecular complexity index is 543. The van der Waals surface area contributed by atoms with E-state index in [9.17, 15) is 9.59 Å². The van der Waals surface area contributed by atoms with Gasteiger partial charge >= 0.3 is 0 Å². The Morgan fingerprint density at radius 1 is 1.45 bits per heavy atom. The summed E-state index contributed by atoms with van der Waals surface area (Å²) >= 11 is 1.35. The molecular weight excluding hydrogens is 298 g/mol. The van der Waals surface area contributed by atoms with Gasteiger partial charge in [0.15, 0.2) is 0 Å². The number of amides is 2. The maximum atomic E-state index is 12.5. The van der Waals surface area contributed by atoms with Crippen LogP contribution in [0.25, 0.3) is 0 Å². The summed E-state index contributed by atoms with van der Waals surface area (Å²) < 4.78 is 4.20. The highest BCUT2D eigenvalue weighted by atomic mass is 32.1. The van der Waals surface area contributed by atoms with Crippen molar-refractivity contribution >= 4 is 23.3 Å². The summed E-state index contributed by atoms with van der Waals surface area (Å²) in [6.45, 7) is 9.98. The van der Waals surface area contributed by atoms with Crippen LogP contribution in [-0.2, 0) is 4.79 Å². The number of carbonyl (C=O) groups excluding carboxylic acids is 2. The van der Waals surface area contributed by atoms with Crippen LogP contribution in [0.5, 0.6) is 0 Å². The van der Waals surface area contributed by atoms with E-state index in [0.29, 0.717) is 37.7 Å². The standard InChI is InChI=1S/C16H25N3O2S/c1-5-11(2)8-15(20)18-6-7-19(12(3)10-18)16(21)14-9-13(4)22-17-14/h9,11-12H,5-8,10H2,1-4H3. The SMILES string of the molecule is CCC(C)CC(=O)N1CCN(C(=O)c2cc(C)sn2)C(C)C1. The summed E-state index contributed by atoms with van der Waals surface area (Å²) in [5, 5.41) is 0. The van der Waals surface area contributed by atoms with Gasteiger partial charge in [-0.25, -0.2) is 0 Å². The molecule has 1 fully saturated rings. The van der Waals surface area contributed by atoms with Crippen LogP contribution in [0.4, 0.5) is 0 Å². The van der Waals surface area contributed by atoms with E-state index in [1.807, 2.05) is 29.7 Å². The largest absolute Gasteiger partial charge is 0.339 e. The molecule has 2 unspecified atom stereocenters. The molecule has 0 aliphatic carbocycles. The molecule has 0 spiro atoms. The van der Waals surface area contributed by atoms with E-state index in [-0.39, 0.29) is 17.9 Å². The van der Waals surface area contributed by atoms with Gasteiger partial charge in [-0.05, 0) is 37.4 Å². The predicted octanol–water partition coefficient (Wildman–Crippen LogP) is 2.56. The molecule has 2 amide bonds. The Hall–Kier alpha value is -1.43. The molecule has 2 atom stereocenters. The molecule has 6 heteroatoms. The zero-order valence-electron chi connectivity index (χ0n) is 13.8. The second-order valence-electron chi connectivity index (χ2n) is 6.23. The van der Waals surface area contributed by atoms with Crippen molar-refractivity contribution in [2.45, 2.75) is 46.6 Å². The third kappa shape index (κ3) is 3.85. The van der Waals surface area contributed by atoms with E-state index in [4.69, 9.17) is 0 Å². The third-order valence-electron chi connectivity index (χ3n) is 4.31. The van der Waals surface area contributed by atoms with Gasteiger partial charge in [0.1, 0.15) is 5.69 Å². The first-order valence-electron chi connectivity index (χ1n) is 7.94. The van der Waals surface area contributed by atoms with Crippen molar-refractivity contribution in [3.8, 4) is 0 Å². The molecule has 122 valence electrons. The first kappa shape index (κ1) is 16.9. The molecule has 2 rings (SSSR count). The Labute approximate surface area is 136 Å². The van der Waals surface area contributed by atoms with E-state index >= 15 is 0 Å². The van der Waals surface area contributed by atoms with Crippen molar-refractivity contribution in [3.05, 3.63) is 16.6 Å². The van der Waals surface area contributed by atoms with Crippen LogP contribution in [0.2, 0.25) is 0 Å². The summed E-state index contributed by atoms with van der Waals surface area (Å²) in [4.78, 5) is 29.5. The number of aryl methyl sites for hydroxylation is 1. The molecule has 0 aromatic carbocycles. The lowest BCUT2D eigenvalue weighted by Gasteiger charge is -2.40. The summed E-state index contributed by atoms with van der Waals surface area (Å²) in [7, 11) is 0. The fraction of sp³-hybridized carbons (Fsp3) is 0.688. The van der Waals surface area contributed by atoms with E-state index in [0.717, 1.165) is 11.3 Å². The van der Waals surface area contributed by atoms with Gasteiger partial charge in [-0.15, -0.1) is 0 Å². The number of piperazine rings is 1. The smallest absolute Gasteiger partial charge is 0.273 e. The van der Waals surface area contributed by atoms with Crippen LogP contribution in [0.3, 0.4) is 0 Å². The lowest BCUT2D eigenvalue weighted by molar-refractivity contribution is -0.134. The molecule has 0 bridgehead atoms. The second-order valence-corrected chi connectivity index (χ2v) is 7.24. The minimum Gasteiger partial charge on any atom is -0.339 e. The lowest BCUT2D eigenvalue weighted by Crippen LogP contribution is -2.55. The molecule has 1 saturated heterocycles. The van der Waals surface area contributed by atoms with E-state index in [2.05, 4.69) is 18.2 Å². The van der Waals surface area contributed by atoms with Crippen molar-refractivity contribution in [3.63, 3.8) is 0 Å². The van der Waals surface area contributed by atoms with Crippen molar-refractivity contribution < 1.29 is 9.59 Å². The Morgan fingerprint density at radius 3 is 2.73 bits per heavy atom. The van der Waals surface area contributed by atoms with Gasteiger partial charge < -0.3 is 9.80 Å². The number of hydrogen-bond acceptors (Lipinski definition) is 4. The van der Waals surface area contributed by atoms with Crippen molar-refractivity contribution in [2.75, 3.05) is 19.6 Å². The van der Waals surface area contributed by atoms with E-state index in [1.165, 1.54) is 11.5 Å². The van der Waals surface area contributed by atoms with Crippen LogP contribution in [0.15, 0.2) is 6.07 Å². The lowest BCUT2D eigenvalue weighted by atomic mass is 10.0. The van der Waals surface area contributed by atoms with Gasteiger partial charge in [-0.3, -0.25) is 9.59 Å². The van der Waals surface area contributed by atoms with Crippen LogP contribution in [-0.4, -0.2) is 51.7 Å². The van der Waals surface area contributed by atoms with E-state index < -0.39 is 0 Å². The maximum Gasteiger partial charge on any atom is 0.273 e. The molecule has 1 aliphatic heterocycles. The van der Waals surface area contributed by atoms with E-state index in [1.54, 1.807) is 0 Å². The summed E-state index contributed by atoms with van der Waals surface area (Å²) in [6.07, 6.45) is 1.62. The highest BCUT2D eigenvalue weighted by Gasteiger charge is 2.31. The minimum absolute atomic E-state index is 0.0223. The van der Waals surface area contributed by atoms with Gasteiger partial charge in [0.25, 0.3) is 5.91 Å². The molecule has 0 N–H and O–H groups in total. The van der Waals surface area contributed by atoms with Gasteiger partial charge in [-0.1, -0.05) is 20.3 Å². The summed E-state index contributed by atoms with van der Waals surface area (Å²) in [5.41, 5.74) is 0.522. The maximum absolute atomic E-state index is 12.5. The van der Waals surface area contributed by atoms with Crippen molar-refractivity contribution in [1.82, 2.24) is 14.2 Å². The second kappa shape index (κ2) is 7.22. The zero-order valence-corrected chi connectivity index (χ0v) is 14.7. The number of rotatable bonds is 4. The summed E-state index contributed by atoms with van der Waals surface area (Å²) in [6, 6.07) is 1.87. The Morgan fingerprint density at radius 2 is 2.18 bits per heavy atom. The Balaban J connectivity index is 1.95. The fourth-order valence-corrected chi connectivity index (χ4v) is 3.21. The van der Waals surface area contributed by atoms with Gasteiger partial charge in [0.05, 0.1) is 0 Å². The van der Waals surface area contributed by atoms with Gasteiger partial charge in [-0.2, -0.15) is 4.37 Å². The molecule has 22 heavy (non-hydrogen) atoms. The van der Waals surface area contributed by atoms with Crippen LogP contribution >= 0.6 is 11.5 Å². The minimum atomic E-state index is -0.0223.